The fraction of sp³-hybridized carbons (Fsp3) is 0.682. The molecule has 1 aromatic rings. The number of benzene rings is 1. The minimum absolute atomic E-state index is 0.181. The zero-order valence-electron chi connectivity index (χ0n) is 17.2. The summed E-state index contributed by atoms with van der Waals surface area (Å²) in [5.41, 5.74) is 1.28. The summed E-state index contributed by atoms with van der Waals surface area (Å²) in [6, 6.07) is 10.6. The standard InChI is InChI=1S/C22H36N4O/c1-4-23-22(26-13-11-25(12-14-26)17-18(2)3)24-16-20-10-15-27-21(20)19-8-6-5-7-9-19/h5-9,18,20-21H,4,10-17H2,1-3H3,(H,23,24). The molecule has 0 radical (unpaired) electrons. The van der Waals surface area contributed by atoms with Gasteiger partial charge >= 0.3 is 0 Å². The van der Waals surface area contributed by atoms with Crippen LogP contribution in [0.5, 0.6) is 0 Å². The first-order valence-electron chi connectivity index (χ1n) is 10.6. The highest BCUT2D eigenvalue weighted by atomic mass is 16.5. The summed E-state index contributed by atoms with van der Waals surface area (Å²) < 4.78 is 6.03. The Labute approximate surface area is 164 Å². The Balaban J connectivity index is 1.59. The van der Waals surface area contributed by atoms with E-state index in [0.717, 1.165) is 64.2 Å². The Morgan fingerprint density at radius 2 is 1.93 bits per heavy atom. The SMILES string of the molecule is CCNC(=NCC1CCOC1c1ccccc1)N1CCN(CC(C)C)CC1. The molecule has 2 heterocycles. The van der Waals surface area contributed by atoms with Crippen molar-refractivity contribution in [2.24, 2.45) is 16.8 Å². The van der Waals surface area contributed by atoms with E-state index in [1.165, 1.54) is 12.1 Å². The molecule has 0 aromatic heterocycles. The zero-order valence-corrected chi connectivity index (χ0v) is 17.2. The number of nitrogens with zero attached hydrogens (tertiary/aromatic N) is 3. The van der Waals surface area contributed by atoms with Crippen LogP contribution in [0.4, 0.5) is 0 Å². The van der Waals surface area contributed by atoms with E-state index in [1.54, 1.807) is 0 Å². The third-order valence-electron chi connectivity index (χ3n) is 5.45. The number of nitrogens with one attached hydrogen (secondary N) is 1. The summed E-state index contributed by atoms with van der Waals surface area (Å²) in [6.07, 6.45) is 1.27. The van der Waals surface area contributed by atoms with Gasteiger partial charge in [0.15, 0.2) is 5.96 Å². The van der Waals surface area contributed by atoms with Gasteiger partial charge in [-0.2, -0.15) is 0 Å². The van der Waals surface area contributed by atoms with E-state index in [-0.39, 0.29) is 6.10 Å². The number of piperazine rings is 1. The lowest BCUT2D eigenvalue weighted by Gasteiger charge is -2.37. The molecule has 2 unspecified atom stereocenters. The molecule has 0 bridgehead atoms. The summed E-state index contributed by atoms with van der Waals surface area (Å²) in [5, 5.41) is 3.50. The first-order valence-corrected chi connectivity index (χ1v) is 10.6. The maximum Gasteiger partial charge on any atom is 0.194 e. The maximum atomic E-state index is 6.03. The predicted molar refractivity (Wildman–Crippen MR) is 112 cm³/mol. The molecule has 2 aliphatic rings. The van der Waals surface area contributed by atoms with Crippen LogP contribution in [0.15, 0.2) is 35.3 Å². The summed E-state index contributed by atoms with van der Waals surface area (Å²) in [5.74, 6) is 2.26. The molecule has 0 saturated carbocycles. The first kappa shape index (κ1) is 20.2. The molecule has 1 aromatic carbocycles. The highest BCUT2D eigenvalue weighted by Gasteiger charge is 2.30. The van der Waals surface area contributed by atoms with Crippen LogP contribution in [0.25, 0.3) is 0 Å². The van der Waals surface area contributed by atoms with E-state index >= 15 is 0 Å². The summed E-state index contributed by atoms with van der Waals surface area (Å²) in [6.45, 7) is 14.9. The second-order valence-corrected chi connectivity index (χ2v) is 8.13. The molecule has 2 atom stereocenters. The van der Waals surface area contributed by atoms with Crippen molar-refractivity contribution < 1.29 is 4.74 Å². The normalized spacial score (nSPS) is 24.6. The van der Waals surface area contributed by atoms with Crippen LogP contribution in [0.1, 0.15) is 38.9 Å². The Morgan fingerprint density at radius 3 is 2.59 bits per heavy atom. The van der Waals surface area contributed by atoms with Crippen molar-refractivity contribution in [3.8, 4) is 0 Å². The molecule has 0 aliphatic carbocycles. The molecule has 2 saturated heterocycles. The monoisotopic (exact) mass is 372 g/mol. The molecule has 150 valence electrons. The number of ether oxygens (including phenoxy) is 1. The fourth-order valence-electron chi connectivity index (χ4n) is 4.12. The van der Waals surface area contributed by atoms with Crippen molar-refractivity contribution in [3.05, 3.63) is 35.9 Å². The van der Waals surface area contributed by atoms with Crippen molar-refractivity contribution in [3.63, 3.8) is 0 Å². The van der Waals surface area contributed by atoms with Crippen LogP contribution in [0.3, 0.4) is 0 Å². The molecule has 3 rings (SSSR count). The molecule has 27 heavy (non-hydrogen) atoms. The van der Waals surface area contributed by atoms with E-state index in [0.29, 0.717) is 5.92 Å². The number of rotatable bonds is 6. The van der Waals surface area contributed by atoms with E-state index in [2.05, 4.69) is 66.2 Å². The molecular weight excluding hydrogens is 336 g/mol. The van der Waals surface area contributed by atoms with Crippen molar-refractivity contribution in [1.82, 2.24) is 15.1 Å². The quantitative estimate of drug-likeness (QED) is 0.616. The van der Waals surface area contributed by atoms with Crippen LogP contribution in [0, 0.1) is 11.8 Å². The molecule has 2 aliphatic heterocycles. The summed E-state index contributed by atoms with van der Waals surface area (Å²) in [4.78, 5) is 10.0. The summed E-state index contributed by atoms with van der Waals surface area (Å²) >= 11 is 0. The van der Waals surface area contributed by atoms with Gasteiger partial charge < -0.3 is 15.0 Å². The van der Waals surface area contributed by atoms with E-state index in [1.807, 2.05) is 0 Å². The zero-order chi connectivity index (χ0) is 19.1. The van der Waals surface area contributed by atoms with Gasteiger partial charge in [0.25, 0.3) is 0 Å². The largest absolute Gasteiger partial charge is 0.373 e. The predicted octanol–water partition coefficient (Wildman–Crippen LogP) is 3.00. The molecule has 5 heteroatoms. The van der Waals surface area contributed by atoms with Crippen molar-refractivity contribution in [2.75, 3.05) is 52.4 Å². The van der Waals surface area contributed by atoms with Gasteiger partial charge in [-0.3, -0.25) is 9.89 Å². The number of hydrogen-bond donors (Lipinski definition) is 1. The summed E-state index contributed by atoms with van der Waals surface area (Å²) in [7, 11) is 0. The van der Waals surface area contributed by atoms with Crippen LogP contribution in [-0.4, -0.2) is 68.2 Å². The van der Waals surface area contributed by atoms with Gasteiger partial charge in [-0.15, -0.1) is 0 Å². The Hall–Kier alpha value is -1.59. The number of guanidine groups is 1. The first-order chi connectivity index (χ1) is 13.2. The average Bonchev–Trinajstić information content (AvgIpc) is 3.15. The van der Waals surface area contributed by atoms with Gasteiger partial charge in [-0.1, -0.05) is 44.2 Å². The lowest BCUT2D eigenvalue weighted by molar-refractivity contribution is 0.0924. The van der Waals surface area contributed by atoms with Gasteiger partial charge in [0, 0.05) is 58.3 Å². The maximum absolute atomic E-state index is 6.03. The number of hydrogen-bond acceptors (Lipinski definition) is 3. The van der Waals surface area contributed by atoms with Gasteiger partial charge in [-0.25, -0.2) is 0 Å². The van der Waals surface area contributed by atoms with Crippen molar-refractivity contribution in [1.29, 1.82) is 0 Å². The van der Waals surface area contributed by atoms with E-state index < -0.39 is 0 Å². The second-order valence-electron chi connectivity index (χ2n) is 8.13. The highest BCUT2D eigenvalue weighted by molar-refractivity contribution is 5.80. The van der Waals surface area contributed by atoms with Crippen LogP contribution in [0.2, 0.25) is 0 Å². The molecular formula is C22H36N4O. The Bertz CT molecular complexity index is 581. The fourth-order valence-corrected chi connectivity index (χ4v) is 4.12. The minimum Gasteiger partial charge on any atom is -0.373 e. The van der Waals surface area contributed by atoms with Crippen molar-refractivity contribution >= 4 is 5.96 Å². The van der Waals surface area contributed by atoms with Gasteiger partial charge in [-0.05, 0) is 24.8 Å². The number of aliphatic imine (C=N–C) groups is 1. The van der Waals surface area contributed by atoms with Crippen LogP contribution < -0.4 is 5.32 Å². The van der Waals surface area contributed by atoms with Gasteiger partial charge in [0.2, 0.25) is 0 Å². The van der Waals surface area contributed by atoms with Crippen LogP contribution >= 0.6 is 0 Å². The van der Waals surface area contributed by atoms with Gasteiger partial charge in [0.1, 0.15) is 0 Å². The van der Waals surface area contributed by atoms with Crippen molar-refractivity contribution in [2.45, 2.75) is 33.3 Å². The Morgan fingerprint density at radius 1 is 1.19 bits per heavy atom. The molecule has 1 N–H and O–H groups in total. The van der Waals surface area contributed by atoms with Crippen LogP contribution in [-0.2, 0) is 4.74 Å². The van der Waals surface area contributed by atoms with E-state index in [4.69, 9.17) is 9.73 Å². The molecule has 0 spiro atoms. The lowest BCUT2D eigenvalue weighted by Crippen LogP contribution is -2.53. The molecule has 5 nitrogen and oxygen atoms in total. The topological polar surface area (TPSA) is 40.1 Å². The third kappa shape index (κ3) is 5.69. The average molecular weight is 373 g/mol. The minimum atomic E-state index is 0.181. The smallest absolute Gasteiger partial charge is 0.194 e. The van der Waals surface area contributed by atoms with E-state index in [9.17, 15) is 0 Å². The second kappa shape index (κ2) is 10.1. The van der Waals surface area contributed by atoms with Gasteiger partial charge in [0.05, 0.1) is 6.10 Å². The third-order valence-corrected chi connectivity index (χ3v) is 5.45. The molecule has 2 fully saturated rings. The highest BCUT2D eigenvalue weighted by Crippen LogP contribution is 2.34. The molecule has 0 amide bonds. The lowest BCUT2D eigenvalue weighted by atomic mass is 9.95. The Kier molecular flexibility index (Phi) is 7.53.